The summed E-state index contributed by atoms with van der Waals surface area (Å²) in [7, 11) is -3.80. The van der Waals surface area contributed by atoms with Crippen molar-refractivity contribution in [3.63, 3.8) is 0 Å². The van der Waals surface area contributed by atoms with Crippen LogP contribution in [0.2, 0.25) is 0 Å². The van der Waals surface area contributed by atoms with Gasteiger partial charge in [-0.05, 0) is 49.9 Å². The minimum atomic E-state index is -3.80. The summed E-state index contributed by atoms with van der Waals surface area (Å²) in [5.41, 5.74) is 0.403. The van der Waals surface area contributed by atoms with E-state index in [2.05, 4.69) is 10.6 Å². The third kappa shape index (κ3) is 5.90. The number of non-ortho nitro benzene ring substituents is 1. The molecule has 36 heavy (non-hydrogen) atoms. The molecule has 1 saturated heterocycles. The largest absolute Gasteiger partial charge is 0.351 e. The highest BCUT2D eigenvalue weighted by Crippen LogP contribution is 2.26. The van der Waals surface area contributed by atoms with Crippen LogP contribution in [0.4, 0.5) is 5.69 Å². The van der Waals surface area contributed by atoms with E-state index in [0.29, 0.717) is 18.4 Å². The third-order valence-electron chi connectivity index (χ3n) is 6.96. The normalized spacial score (nSPS) is 21.4. The van der Waals surface area contributed by atoms with Crippen LogP contribution in [0.15, 0.2) is 59.5 Å². The molecule has 2 aromatic rings. The fourth-order valence-corrected chi connectivity index (χ4v) is 6.34. The molecule has 0 radical (unpaired) electrons. The highest BCUT2D eigenvalue weighted by Gasteiger charge is 2.35. The fraction of sp³-hybridized carbons (Fsp3) is 0.440. The molecule has 2 amide bonds. The van der Waals surface area contributed by atoms with E-state index in [1.165, 1.54) is 28.6 Å². The Balaban J connectivity index is 1.32. The number of carbonyl (C=O) groups is 2. The van der Waals surface area contributed by atoms with Crippen molar-refractivity contribution in [2.75, 3.05) is 13.1 Å². The summed E-state index contributed by atoms with van der Waals surface area (Å²) in [5, 5.41) is 17.0. The van der Waals surface area contributed by atoms with Crippen LogP contribution in [-0.4, -0.2) is 54.6 Å². The van der Waals surface area contributed by atoms with Crippen molar-refractivity contribution in [1.29, 1.82) is 0 Å². The number of hydrogen-bond acceptors (Lipinski definition) is 6. The van der Waals surface area contributed by atoms with Crippen LogP contribution in [0, 0.1) is 16.0 Å². The number of benzene rings is 2. The molecule has 1 aliphatic heterocycles. The Morgan fingerprint density at radius 1 is 0.861 bits per heavy atom. The van der Waals surface area contributed by atoms with Gasteiger partial charge < -0.3 is 10.6 Å². The number of sulfonamides is 1. The first-order valence-electron chi connectivity index (χ1n) is 12.2. The summed E-state index contributed by atoms with van der Waals surface area (Å²) in [5.74, 6) is -0.597. The van der Waals surface area contributed by atoms with Gasteiger partial charge in [-0.15, -0.1) is 0 Å². The average molecular weight is 515 g/mol. The third-order valence-corrected chi connectivity index (χ3v) is 8.87. The monoisotopic (exact) mass is 514 g/mol. The number of amides is 2. The van der Waals surface area contributed by atoms with Gasteiger partial charge in [0.25, 0.3) is 11.6 Å². The minimum Gasteiger partial charge on any atom is -0.351 e. The van der Waals surface area contributed by atoms with E-state index in [4.69, 9.17) is 0 Å². The van der Waals surface area contributed by atoms with Crippen LogP contribution in [0.1, 0.15) is 48.9 Å². The second-order valence-electron chi connectivity index (χ2n) is 9.27. The molecule has 2 aliphatic rings. The molecule has 1 saturated carbocycles. The smallest absolute Gasteiger partial charge is 0.269 e. The molecule has 2 aromatic carbocycles. The summed E-state index contributed by atoms with van der Waals surface area (Å²) < 4.78 is 27.2. The maximum absolute atomic E-state index is 13.0. The van der Waals surface area contributed by atoms with Gasteiger partial charge in [0.05, 0.1) is 9.82 Å². The van der Waals surface area contributed by atoms with E-state index < -0.39 is 14.9 Å². The van der Waals surface area contributed by atoms with Gasteiger partial charge in [0.1, 0.15) is 0 Å². The van der Waals surface area contributed by atoms with Gasteiger partial charge >= 0.3 is 0 Å². The van der Waals surface area contributed by atoms with Gasteiger partial charge in [-0.2, -0.15) is 4.31 Å². The zero-order valence-electron chi connectivity index (χ0n) is 19.8. The Bertz CT molecular complexity index is 1190. The Morgan fingerprint density at radius 2 is 1.44 bits per heavy atom. The van der Waals surface area contributed by atoms with Crippen LogP contribution in [-0.2, 0) is 14.8 Å². The molecule has 11 heteroatoms. The van der Waals surface area contributed by atoms with Crippen molar-refractivity contribution in [1.82, 2.24) is 14.9 Å². The molecule has 4 rings (SSSR count). The van der Waals surface area contributed by atoms with Gasteiger partial charge in [0.15, 0.2) is 0 Å². The van der Waals surface area contributed by atoms with Crippen LogP contribution < -0.4 is 10.6 Å². The quantitative estimate of drug-likeness (QED) is 0.430. The Labute approximate surface area is 210 Å². The number of nitrogens with one attached hydrogen (secondary N) is 2. The first-order chi connectivity index (χ1) is 17.3. The zero-order valence-corrected chi connectivity index (χ0v) is 20.7. The molecular weight excluding hydrogens is 484 g/mol. The fourth-order valence-electron chi connectivity index (χ4n) is 4.87. The van der Waals surface area contributed by atoms with Gasteiger partial charge in [-0.25, -0.2) is 8.42 Å². The minimum absolute atomic E-state index is 0.00444. The highest BCUT2D eigenvalue weighted by molar-refractivity contribution is 7.89. The molecule has 192 valence electrons. The lowest BCUT2D eigenvalue weighted by atomic mass is 9.88. The SMILES string of the molecule is O=C(N[C@@H]1CCCCC1NC(=O)C1CCN(S(=O)(=O)c2ccc([N+](=O)[O-])cc2)CC1)c1ccccc1. The van der Waals surface area contributed by atoms with Crippen LogP contribution in [0.3, 0.4) is 0 Å². The van der Waals surface area contributed by atoms with Crippen molar-refractivity contribution in [3.05, 3.63) is 70.3 Å². The molecule has 2 atom stereocenters. The van der Waals surface area contributed by atoms with Crippen LogP contribution >= 0.6 is 0 Å². The number of nitrogens with zero attached hydrogens (tertiary/aromatic N) is 2. The number of piperidine rings is 1. The molecule has 1 heterocycles. The Hall–Kier alpha value is -3.31. The van der Waals surface area contributed by atoms with Gasteiger partial charge in [-0.1, -0.05) is 31.0 Å². The van der Waals surface area contributed by atoms with Gasteiger partial charge in [0, 0.05) is 48.8 Å². The maximum Gasteiger partial charge on any atom is 0.269 e. The average Bonchev–Trinajstić information content (AvgIpc) is 2.90. The van der Waals surface area contributed by atoms with Crippen LogP contribution in [0.5, 0.6) is 0 Å². The lowest BCUT2D eigenvalue weighted by molar-refractivity contribution is -0.384. The Morgan fingerprint density at radius 3 is 2.03 bits per heavy atom. The number of nitro benzene ring substituents is 1. The van der Waals surface area contributed by atoms with E-state index in [1.807, 2.05) is 18.2 Å². The first-order valence-corrected chi connectivity index (χ1v) is 13.6. The maximum atomic E-state index is 13.0. The molecule has 0 spiro atoms. The summed E-state index contributed by atoms with van der Waals surface area (Å²) in [6.45, 7) is 0.381. The molecule has 0 bridgehead atoms. The van der Waals surface area contributed by atoms with Gasteiger partial charge in [0.2, 0.25) is 15.9 Å². The molecule has 1 unspecified atom stereocenters. The first kappa shape index (κ1) is 25.8. The topological polar surface area (TPSA) is 139 Å². The number of carbonyl (C=O) groups excluding carboxylic acids is 2. The number of nitro groups is 1. The van der Waals surface area contributed by atoms with Gasteiger partial charge in [-0.3, -0.25) is 19.7 Å². The van der Waals surface area contributed by atoms with Crippen molar-refractivity contribution in [3.8, 4) is 0 Å². The van der Waals surface area contributed by atoms with Crippen molar-refractivity contribution < 1.29 is 22.9 Å². The zero-order chi connectivity index (χ0) is 25.7. The summed E-state index contributed by atoms with van der Waals surface area (Å²) >= 11 is 0. The predicted molar refractivity (Wildman–Crippen MR) is 133 cm³/mol. The highest BCUT2D eigenvalue weighted by atomic mass is 32.2. The van der Waals surface area contributed by atoms with Crippen molar-refractivity contribution in [2.45, 2.75) is 55.5 Å². The van der Waals surface area contributed by atoms with E-state index in [0.717, 1.165) is 25.7 Å². The molecule has 2 fully saturated rings. The number of hydrogen-bond donors (Lipinski definition) is 2. The Kier molecular flexibility index (Phi) is 8.00. The molecule has 0 aromatic heterocycles. The summed E-state index contributed by atoms with van der Waals surface area (Å²) in [4.78, 5) is 35.9. The number of rotatable bonds is 7. The lowest BCUT2D eigenvalue weighted by Gasteiger charge is -2.35. The van der Waals surface area contributed by atoms with E-state index in [-0.39, 0.29) is 53.5 Å². The second kappa shape index (κ2) is 11.2. The second-order valence-corrected chi connectivity index (χ2v) is 11.2. The molecular formula is C25H30N4O6S. The molecule has 2 N–H and O–H groups in total. The van der Waals surface area contributed by atoms with Crippen LogP contribution in [0.25, 0.3) is 0 Å². The van der Waals surface area contributed by atoms with E-state index >= 15 is 0 Å². The lowest BCUT2D eigenvalue weighted by Crippen LogP contribution is -2.55. The summed E-state index contributed by atoms with van der Waals surface area (Å²) in [6.07, 6.45) is 4.27. The summed E-state index contributed by atoms with van der Waals surface area (Å²) in [6, 6.07) is 13.5. The van der Waals surface area contributed by atoms with E-state index in [1.54, 1.807) is 12.1 Å². The van der Waals surface area contributed by atoms with Crippen molar-refractivity contribution >= 4 is 27.5 Å². The van der Waals surface area contributed by atoms with Crippen molar-refractivity contribution in [2.24, 2.45) is 5.92 Å². The standard InChI is InChI=1S/C25H30N4O6S/c30-24(18-6-2-1-3-7-18)26-22-8-4-5-9-23(22)27-25(31)19-14-16-28(17-15-19)36(34,35)21-12-10-20(11-13-21)29(32)33/h1-3,6-7,10-13,19,22-23H,4-5,8-9,14-17H2,(H,26,30)(H,27,31)/t22-,23?/m1/s1. The predicted octanol–water partition coefficient (Wildman–Crippen LogP) is 2.85. The van der Waals surface area contributed by atoms with E-state index in [9.17, 15) is 28.1 Å². The molecule has 1 aliphatic carbocycles. The molecule has 10 nitrogen and oxygen atoms in total.